The van der Waals surface area contributed by atoms with E-state index >= 15 is 0 Å². The maximum atomic E-state index is 5.80. The Hall–Kier alpha value is -1.10. The monoisotopic (exact) mass is 252 g/mol. The van der Waals surface area contributed by atoms with Crippen LogP contribution in [0, 0.1) is 5.92 Å². The fraction of sp³-hybridized carbons (Fsp3) is 0.667. The maximum Gasteiger partial charge on any atom is 0.188 e. The van der Waals surface area contributed by atoms with Crippen LogP contribution in [-0.4, -0.2) is 17.5 Å². The lowest BCUT2D eigenvalue weighted by Crippen LogP contribution is -2.37. The minimum absolute atomic E-state index is 0.544. The van der Waals surface area contributed by atoms with E-state index in [2.05, 4.69) is 27.6 Å². The van der Waals surface area contributed by atoms with E-state index in [1.54, 1.807) is 11.3 Å². The van der Waals surface area contributed by atoms with Crippen molar-refractivity contribution in [3.63, 3.8) is 0 Å². The molecule has 1 aromatic heterocycles. The summed E-state index contributed by atoms with van der Waals surface area (Å²) < 4.78 is 0. The van der Waals surface area contributed by atoms with E-state index in [4.69, 9.17) is 5.73 Å². The molecule has 1 aliphatic carbocycles. The van der Waals surface area contributed by atoms with Crippen LogP contribution in [0.15, 0.2) is 10.4 Å². The van der Waals surface area contributed by atoms with Crippen LogP contribution in [0.1, 0.15) is 36.9 Å². The number of guanidine groups is 1. The quantitative estimate of drug-likeness (QED) is 0.621. The second-order valence-corrected chi connectivity index (χ2v) is 5.41. The van der Waals surface area contributed by atoms with Crippen molar-refractivity contribution < 1.29 is 0 Å². The summed E-state index contributed by atoms with van der Waals surface area (Å²) in [5.74, 6) is 1.35. The predicted molar refractivity (Wildman–Crippen MR) is 72.2 cm³/mol. The molecule has 3 N–H and O–H groups in total. The Morgan fingerprint density at radius 2 is 2.47 bits per heavy atom. The lowest BCUT2D eigenvalue weighted by Gasteiger charge is -2.25. The standard InChI is InChI=1S/C12H20N4S/c1-2-11-16-10(8-17-11)7-15-12(13)14-6-9-4-3-5-9/h8-9H,2-7H2,1H3,(H3,13,14,15). The normalized spacial score (nSPS) is 16.9. The minimum Gasteiger partial charge on any atom is -0.370 e. The number of thiazole rings is 1. The van der Waals surface area contributed by atoms with Gasteiger partial charge in [0.2, 0.25) is 0 Å². The van der Waals surface area contributed by atoms with Crippen LogP contribution >= 0.6 is 11.3 Å². The molecule has 1 saturated carbocycles. The third-order valence-electron chi connectivity index (χ3n) is 3.11. The van der Waals surface area contributed by atoms with Gasteiger partial charge in [-0.1, -0.05) is 13.3 Å². The Balaban J connectivity index is 1.74. The van der Waals surface area contributed by atoms with Crippen LogP contribution < -0.4 is 11.1 Å². The Morgan fingerprint density at radius 1 is 1.65 bits per heavy atom. The summed E-state index contributed by atoms with van der Waals surface area (Å²) in [7, 11) is 0. The predicted octanol–water partition coefficient (Wildman–Crippen LogP) is 1.91. The van der Waals surface area contributed by atoms with E-state index in [1.807, 2.05) is 0 Å². The number of nitrogens with two attached hydrogens (primary N) is 1. The molecule has 0 saturated heterocycles. The Morgan fingerprint density at radius 3 is 3.06 bits per heavy atom. The minimum atomic E-state index is 0.544. The second-order valence-electron chi connectivity index (χ2n) is 4.47. The molecule has 0 unspecified atom stereocenters. The van der Waals surface area contributed by atoms with Crippen molar-refractivity contribution in [2.75, 3.05) is 6.54 Å². The third-order valence-corrected chi connectivity index (χ3v) is 4.15. The van der Waals surface area contributed by atoms with Gasteiger partial charge >= 0.3 is 0 Å². The highest BCUT2D eigenvalue weighted by molar-refractivity contribution is 7.09. The summed E-state index contributed by atoms with van der Waals surface area (Å²) in [5.41, 5.74) is 6.82. The lowest BCUT2D eigenvalue weighted by atomic mass is 9.85. The van der Waals surface area contributed by atoms with Crippen LogP contribution in [0.25, 0.3) is 0 Å². The fourth-order valence-corrected chi connectivity index (χ4v) is 2.49. The molecule has 0 bridgehead atoms. The van der Waals surface area contributed by atoms with E-state index in [-0.39, 0.29) is 0 Å². The number of rotatable bonds is 5. The zero-order valence-corrected chi connectivity index (χ0v) is 11.1. The SMILES string of the molecule is CCc1nc(CN=C(N)NCC2CCC2)cs1. The average Bonchev–Trinajstić information content (AvgIpc) is 2.72. The largest absolute Gasteiger partial charge is 0.370 e. The molecule has 0 atom stereocenters. The number of hydrogen-bond donors (Lipinski definition) is 2. The summed E-state index contributed by atoms with van der Waals surface area (Å²) in [5, 5.41) is 6.40. The molecule has 0 radical (unpaired) electrons. The van der Waals surface area contributed by atoms with Gasteiger partial charge in [0.05, 0.1) is 17.2 Å². The van der Waals surface area contributed by atoms with Crippen molar-refractivity contribution in [1.82, 2.24) is 10.3 Å². The van der Waals surface area contributed by atoms with Gasteiger partial charge < -0.3 is 11.1 Å². The highest BCUT2D eigenvalue weighted by atomic mass is 32.1. The summed E-state index contributed by atoms with van der Waals surface area (Å²) in [4.78, 5) is 8.75. The molecule has 1 fully saturated rings. The molecule has 0 amide bonds. The second kappa shape index (κ2) is 6.00. The van der Waals surface area contributed by atoms with Gasteiger partial charge in [0, 0.05) is 11.9 Å². The number of aliphatic imine (C=N–C) groups is 1. The van der Waals surface area contributed by atoms with Gasteiger partial charge in [-0.3, -0.25) is 0 Å². The van der Waals surface area contributed by atoms with Gasteiger partial charge in [0.25, 0.3) is 0 Å². The fourth-order valence-electron chi connectivity index (χ4n) is 1.75. The van der Waals surface area contributed by atoms with Gasteiger partial charge in [0.1, 0.15) is 0 Å². The van der Waals surface area contributed by atoms with Crippen molar-refractivity contribution >= 4 is 17.3 Å². The van der Waals surface area contributed by atoms with Gasteiger partial charge in [0.15, 0.2) is 5.96 Å². The number of nitrogens with one attached hydrogen (secondary N) is 1. The molecule has 1 aromatic rings. The number of hydrogen-bond acceptors (Lipinski definition) is 3. The summed E-state index contributed by atoms with van der Waals surface area (Å²) >= 11 is 1.69. The van der Waals surface area contributed by atoms with Crippen LogP contribution in [-0.2, 0) is 13.0 Å². The number of nitrogens with zero attached hydrogens (tertiary/aromatic N) is 2. The van der Waals surface area contributed by atoms with E-state index in [9.17, 15) is 0 Å². The van der Waals surface area contributed by atoms with E-state index in [1.165, 1.54) is 19.3 Å². The van der Waals surface area contributed by atoms with E-state index in [0.717, 1.165) is 29.6 Å². The van der Waals surface area contributed by atoms with Crippen LogP contribution in [0.4, 0.5) is 0 Å². The van der Waals surface area contributed by atoms with Gasteiger partial charge in [-0.15, -0.1) is 11.3 Å². The zero-order chi connectivity index (χ0) is 12.1. The first kappa shape index (κ1) is 12.4. The molecule has 0 aromatic carbocycles. The van der Waals surface area contributed by atoms with Gasteiger partial charge in [-0.2, -0.15) is 0 Å². The Bertz CT molecular complexity index is 382. The van der Waals surface area contributed by atoms with E-state index < -0.39 is 0 Å². The van der Waals surface area contributed by atoms with Crippen molar-refractivity contribution in [3.05, 3.63) is 16.1 Å². The van der Waals surface area contributed by atoms with Crippen LogP contribution in [0.2, 0.25) is 0 Å². The molecular formula is C12H20N4S. The molecule has 2 rings (SSSR count). The average molecular weight is 252 g/mol. The van der Waals surface area contributed by atoms with Crippen molar-refractivity contribution in [2.24, 2.45) is 16.6 Å². The van der Waals surface area contributed by atoms with Crippen LogP contribution in [0.5, 0.6) is 0 Å². The molecule has 1 heterocycles. The molecular weight excluding hydrogens is 232 g/mol. The summed E-state index contributed by atoms with van der Waals surface area (Å²) in [6.07, 6.45) is 5.00. The number of aryl methyl sites for hydroxylation is 1. The maximum absolute atomic E-state index is 5.80. The van der Waals surface area contributed by atoms with Gasteiger partial charge in [-0.25, -0.2) is 9.98 Å². The Kier molecular flexibility index (Phi) is 4.36. The first-order chi connectivity index (χ1) is 8.28. The van der Waals surface area contributed by atoms with Crippen LogP contribution in [0.3, 0.4) is 0 Å². The summed E-state index contributed by atoms with van der Waals surface area (Å²) in [6.45, 7) is 3.66. The van der Waals surface area contributed by atoms with E-state index in [0.29, 0.717) is 12.5 Å². The molecule has 0 aliphatic heterocycles. The highest BCUT2D eigenvalue weighted by Gasteiger charge is 2.16. The Labute approximate surface area is 106 Å². The molecule has 0 spiro atoms. The molecule has 17 heavy (non-hydrogen) atoms. The van der Waals surface area contributed by atoms with Crippen molar-refractivity contribution in [2.45, 2.75) is 39.2 Å². The first-order valence-corrected chi connectivity index (χ1v) is 7.13. The first-order valence-electron chi connectivity index (χ1n) is 6.25. The molecule has 5 heteroatoms. The third kappa shape index (κ3) is 3.70. The lowest BCUT2D eigenvalue weighted by molar-refractivity contribution is 0.315. The zero-order valence-electron chi connectivity index (χ0n) is 10.3. The molecule has 94 valence electrons. The number of aromatic nitrogens is 1. The highest BCUT2D eigenvalue weighted by Crippen LogP contribution is 2.24. The van der Waals surface area contributed by atoms with Crippen molar-refractivity contribution in [1.29, 1.82) is 0 Å². The topological polar surface area (TPSA) is 63.3 Å². The summed E-state index contributed by atoms with van der Waals surface area (Å²) in [6, 6.07) is 0. The van der Waals surface area contributed by atoms with Crippen molar-refractivity contribution in [3.8, 4) is 0 Å². The smallest absolute Gasteiger partial charge is 0.188 e. The van der Waals surface area contributed by atoms with Gasteiger partial charge in [-0.05, 0) is 25.2 Å². The molecule has 4 nitrogen and oxygen atoms in total. The molecule has 1 aliphatic rings.